The molecule has 0 aliphatic rings. The van der Waals surface area contributed by atoms with Crippen molar-refractivity contribution in [3.63, 3.8) is 0 Å². The number of carbonyl (C=O) groups excluding carboxylic acids is 1. The number of rotatable bonds is 57. The van der Waals surface area contributed by atoms with Gasteiger partial charge in [0.15, 0.2) is 0 Å². The molecule has 75 heavy (non-hydrogen) atoms. The minimum atomic E-state index is -4.33. The van der Waals surface area contributed by atoms with E-state index < -0.39 is 20.0 Å². The summed E-state index contributed by atoms with van der Waals surface area (Å²) in [7, 11) is 1.61. The van der Waals surface area contributed by atoms with Crippen LogP contribution in [0.4, 0.5) is 0 Å². The number of aliphatic hydroxyl groups is 1. The van der Waals surface area contributed by atoms with Crippen molar-refractivity contribution in [3.05, 3.63) is 85.1 Å². The van der Waals surface area contributed by atoms with E-state index in [1.165, 1.54) is 167 Å². The zero-order valence-corrected chi connectivity index (χ0v) is 50.7. The van der Waals surface area contributed by atoms with Gasteiger partial charge >= 0.3 is 7.82 Å². The van der Waals surface area contributed by atoms with Crippen LogP contribution in [0, 0.1) is 0 Å². The van der Waals surface area contributed by atoms with Gasteiger partial charge in [-0.25, -0.2) is 4.57 Å². The van der Waals surface area contributed by atoms with Gasteiger partial charge in [0, 0.05) is 6.42 Å². The van der Waals surface area contributed by atoms with Gasteiger partial charge in [0.05, 0.1) is 39.9 Å². The van der Waals surface area contributed by atoms with Crippen LogP contribution in [-0.2, 0) is 18.4 Å². The van der Waals surface area contributed by atoms with Crippen LogP contribution in [0.25, 0.3) is 0 Å². The molecule has 0 rings (SSSR count). The summed E-state index contributed by atoms with van der Waals surface area (Å²) in [6, 6.07) is -0.768. The lowest BCUT2D eigenvalue weighted by molar-refractivity contribution is -0.870. The normalized spacial score (nSPS) is 14.4. The molecule has 0 bridgehead atoms. The number of phosphoric ester groups is 1. The second kappa shape index (κ2) is 56.4. The van der Waals surface area contributed by atoms with E-state index in [0.717, 1.165) is 83.5 Å². The molecule has 0 saturated carbocycles. The van der Waals surface area contributed by atoms with Crippen molar-refractivity contribution in [2.24, 2.45) is 0 Å². The summed E-state index contributed by atoms with van der Waals surface area (Å²) in [4.78, 5) is 23.4. The summed E-state index contributed by atoms with van der Waals surface area (Å²) in [5.74, 6) is -0.148. The number of hydrogen-bond donors (Lipinski definition) is 3. The van der Waals surface area contributed by atoms with Crippen LogP contribution in [-0.4, -0.2) is 73.4 Å². The number of unbranched alkanes of at least 4 members (excludes halogenated alkanes) is 30. The molecule has 3 atom stereocenters. The number of likely N-dealkylation sites (N-methyl/N-ethyl adjacent to an activating group) is 1. The fourth-order valence-electron chi connectivity index (χ4n) is 9.03. The Morgan fingerprint density at radius 2 is 0.800 bits per heavy atom. The highest BCUT2D eigenvalue weighted by Crippen LogP contribution is 2.43. The van der Waals surface area contributed by atoms with E-state index in [0.29, 0.717) is 23.9 Å². The number of aliphatic hydroxyl groups excluding tert-OH is 1. The number of nitrogens with one attached hydrogen (secondary N) is 1. The quantitative estimate of drug-likeness (QED) is 0.0243. The SMILES string of the molecule is CC/C=C\C/C=C\C/C=C\C/C=C\C/C=C\C/C=C\C/C=C\CCCCCCCCCCCCCC(=O)NC(COP(=O)(O)OCC[N+](C)(C)C)C(O)CCCCCCCCCCCCCCCCCCCCCC. The molecule has 0 aliphatic carbocycles. The lowest BCUT2D eigenvalue weighted by atomic mass is 10.0. The fourth-order valence-corrected chi connectivity index (χ4v) is 9.76. The van der Waals surface area contributed by atoms with Gasteiger partial charge in [-0.1, -0.05) is 285 Å². The zero-order chi connectivity index (χ0) is 54.9. The smallest absolute Gasteiger partial charge is 0.391 e. The Bertz CT molecular complexity index is 1500. The van der Waals surface area contributed by atoms with Gasteiger partial charge in [-0.05, 0) is 70.6 Å². The minimum Gasteiger partial charge on any atom is -0.391 e. The standard InChI is InChI=1S/C66H121N2O6P/c1-6-8-10-12-14-16-18-20-22-24-26-28-29-30-31-32-33-34-35-36-37-38-39-40-42-44-46-48-50-52-54-56-58-60-66(70)67-64(63-74-75(71,72)73-62-61-68(3,4)5)65(69)59-57-55-53-51-49-47-45-43-41-27-25-23-21-19-17-15-13-11-9-7-2/h8,10,14,16,20,22,26,28,30-31,33-34,36-37,64-65,69H,6-7,9,11-13,15,17-19,21,23-25,27,29,32,35,38-63H2,1-5H3,(H-,67,70,71,72)/p+1/b10-8-,16-14-,22-20-,28-26-,31-30-,34-33-,37-36-. The van der Waals surface area contributed by atoms with Crippen molar-refractivity contribution in [2.75, 3.05) is 40.9 Å². The number of quaternary nitrogens is 1. The van der Waals surface area contributed by atoms with Gasteiger partial charge in [0.25, 0.3) is 0 Å². The molecular formula is C66H122N2O6P+. The van der Waals surface area contributed by atoms with Gasteiger partial charge in [0.2, 0.25) is 5.91 Å². The molecule has 0 radical (unpaired) electrons. The summed E-state index contributed by atoms with van der Waals surface area (Å²) in [5, 5.41) is 14.1. The highest BCUT2D eigenvalue weighted by Gasteiger charge is 2.28. The number of allylic oxidation sites excluding steroid dienone is 14. The maximum absolute atomic E-state index is 13.0. The van der Waals surface area contributed by atoms with E-state index in [-0.39, 0.29) is 19.1 Å². The molecule has 8 nitrogen and oxygen atoms in total. The van der Waals surface area contributed by atoms with E-state index in [9.17, 15) is 19.4 Å². The van der Waals surface area contributed by atoms with Gasteiger partial charge in [0.1, 0.15) is 13.2 Å². The average molecular weight is 1070 g/mol. The molecule has 0 aromatic heterocycles. The van der Waals surface area contributed by atoms with Crippen molar-refractivity contribution < 1.29 is 32.9 Å². The second-order valence-electron chi connectivity index (χ2n) is 22.4. The molecule has 0 spiro atoms. The van der Waals surface area contributed by atoms with E-state index in [2.05, 4.69) is 104 Å². The molecule has 3 unspecified atom stereocenters. The number of phosphoric acid groups is 1. The summed E-state index contributed by atoms with van der Waals surface area (Å²) in [6.45, 7) is 4.79. The summed E-state index contributed by atoms with van der Waals surface area (Å²) in [6.07, 6.45) is 79.3. The van der Waals surface area contributed by atoms with Crippen molar-refractivity contribution >= 4 is 13.7 Å². The molecule has 0 aliphatic heterocycles. The van der Waals surface area contributed by atoms with Gasteiger partial charge in [-0.2, -0.15) is 0 Å². The Labute approximate surface area is 465 Å². The second-order valence-corrected chi connectivity index (χ2v) is 23.9. The predicted octanol–water partition coefficient (Wildman–Crippen LogP) is 19.6. The van der Waals surface area contributed by atoms with Gasteiger partial charge in [-0.15, -0.1) is 0 Å². The van der Waals surface area contributed by atoms with Gasteiger partial charge in [-0.3, -0.25) is 13.8 Å². The van der Waals surface area contributed by atoms with Crippen LogP contribution < -0.4 is 5.32 Å². The molecule has 0 aromatic carbocycles. The molecular weight excluding hydrogens is 948 g/mol. The average Bonchev–Trinajstić information content (AvgIpc) is 3.37. The monoisotopic (exact) mass is 1070 g/mol. The first-order valence-corrected chi connectivity index (χ1v) is 32.9. The zero-order valence-electron chi connectivity index (χ0n) is 49.8. The first-order chi connectivity index (χ1) is 36.5. The van der Waals surface area contributed by atoms with E-state index in [4.69, 9.17) is 9.05 Å². The first-order valence-electron chi connectivity index (χ1n) is 31.5. The molecule has 436 valence electrons. The van der Waals surface area contributed by atoms with Crippen LogP contribution in [0.2, 0.25) is 0 Å². The number of amides is 1. The topological polar surface area (TPSA) is 105 Å². The van der Waals surface area contributed by atoms with Crippen molar-refractivity contribution in [2.45, 2.75) is 289 Å². The van der Waals surface area contributed by atoms with Crippen LogP contribution >= 0.6 is 7.82 Å². The third-order valence-corrected chi connectivity index (χ3v) is 14.9. The van der Waals surface area contributed by atoms with Crippen molar-refractivity contribution in [1.82, 2.24) is 5.32 Å². The molecule has 9 heteroatoms. The van der Waals surface area contributed by atoms with Gasteiger partial charge < -0.3 is 19.8 Å². The Hall–Kier alpha value is -2.32. The third kappa shape index (κ3) is 59.2. The van der Waals surface area contributed by atoms with Crippen molar-refractivity contribution in [3.8, 4) is 0 Å². The lowest BCUT2D eigenvalue weighted by Gasteiger charge is -2.26. The van der Waals surface area contributed by atoms with Crippen LogP contribution in [0.5, 0.6) is 0 Å². The van der Waals surface area contributed by atoms with E-state index in [1.807, 2.05) is 21.1 Å². The van der Waals surface area contributed by atoms with Crippen LogP contribution in [0.3, 0.4) is 0 Å². The Morgan fingerprint density at radius 3 is 1.17 bits per heavy atom. The Balaban J connectivity index is 4.12. The molecule has 3 N–H and O–H groups in total. The number of nitrogens with zero attached hydrogens (tertiary/aromatic N) is 1. The third-order valence-electron chi connectivity index (χ3n) is 13.9. The molecule has 0 aromatic rings. The number of carbonyl (C=O) groups is 1. The van der Waals surface area contributed by atoms with Crippen molar-refractivity contribution in [1.29, 1.82) is 0 Å². The molecule has 1 amide bonds. The Kier molecular flexibility index (Phi) is 54.7. The molecule has 0 saturated heterocycles. The largest absolute Gasteiger partial charge is 0.472 e. The summed E-state index contributed by atoms with van der Waals surface area (Å²) in [5.41, 5.74) is 0. The maximum atomic E-state index is 13.0. The molecule has 0 heterocycles. The van der Waals surface area contributed by atoms with Crippen LogP contribution in [0.15, 0.2) is 85.1 Å². The van der Waals surface area contributed by atoms with E-state index >= 15 is 0 Å². The highest BCUT2D eigenvalue weighted by atomic mass is 31.2. The Morgan fingerprint density at radius 1 is 0.467 bits per heavy atom. The molecule has 0 fully saturated rings. The van der Waals surface area contributed by atoms with E-state index in [1.54, 1.807) is 0 Å². The predicted molar refractivity (Wildman–Crippen MR) is 327 cm³/mol. The summed E-state index contributed by atoms with van der Waals surface area (Å²) < 4.78 is 23.8. The highest BCUT2D eigenvalue weighted by molar-refractivity contribution is 7.47. The number of hydrogen-bond acceptors (Lipinski definition) is 5. The minimum absolute atomic E-state index is 0.0714. The lowest BCUT2D eigenvalue weighted by Crippen LogP contribution is -2.46. The van der Waals surface area contributed by atoms with Crippen LogP contribution in [0.1, 0.15) is 277 Å². The summed E-state index contributed by atoms with van der Waals surface area (Å²) >= 11 is 0. The maximum Gasteiger partial charge on any atom is 0.472 e. The fraction of sp³-hybridized carbons (Fsp3) is 0.773. The first kappa shape index (κ1) is 72.7.